The van der Waals surface area contributed by atoms with Gasteiger partial charge in [0.15, 0.2) is 0 Å². The second kappa shape index (κ2) is 8.10. The van der Waals surface area contributed by atoms with Crippen LogP contribution in [-0.4, -0.2) is 23.9 Å². The molecule has 0 atom stereocenters. The third kappa shape index (κ3) is 5.46. The number of carbonyl (C=O) groups is 3. The standard InChI is InChI=1S/C19H20N2O4/c1-12(2)25-19(24)14-7-9-16(10-8-14)21-18(23)15-5-4-6-17(11-15)20-13(3)22/h4-12H,1-3H3,(H,20,22)(H,21,23). The van der Waals surface area contributed by atoms with E-state index in [9.17, 15) is 14.4 Å². The monoisotopic (exact) mass is 340 g/mol. The van der Waals surface area contributed by atoms with Gasteiger partial charge in [0, 0.05) is 23.9 Å². The minimum Gasteiger partial charge on any atom is -0.459 e. The number of rotatable bonds is 5. The zero-order valence-electron chi connectivity index (χ0n) is 14.3. The number of hydrogen-bond donors (Lipinski definition) is 2. The van der Waals surface area contributed by atoms with Gasteiger partial charge in [0.1, 0.15) is 0 Å². The van der Waals surface area contributed by atoms with Crippen molar-refractivity contribution in [3.63, 3.8) is 0 Å². The second-order valence-electron chi connectivity index (χ2n) is 5.75. The van der Waals surface area contributed by atoms with Crippen molar-refractivity contribution < 1.29 is 19.1 Å². The number of anilines is 2. The van der Waals surface area contributed by atoms with E-state index in [0.717, 1.165) is 0 Å². The quantitative estimate of drug-likeness (QED) is 0.816. The molecule has 2 rings (SSSR count). The van der Waals surface area contributed by atoms with Gasteiger partial charge in [0.05, 0.1) is 11.7 Å². The maximum Gasteiger partial charge on any atom is 0.338 e. The molecule has 2 N–H and O–H groups in total. The van der Waals surface area contributed by atoms with E-state index in [1.54, 1.807) is 62.4 Å². The molecule has 0 aliphatic carbocycles. The highest BCUT2D eigenvalue weighted by molar-refractivity contribution is 6.05. The van der Waals surface area contributed by atoms with Crippen LogP contribution in [0.2, 0.25) is 0 Å². The predicted octanol–water partition coefficient (Wildman–Crippen LogP) is 3.46. The Kier molecular flexibility index (Phi) is 5.89. The van der Waals surface area contributed by atoms with Crippen molar-refractivity contribution in [2.75, 3.05) is 10.6 Å². The van der Waals surface area contributed by atoms with Crippen LogP contribution < -0.4 is 10.6 Å². The van der Waals surface area contributed by atoms with Gasteiger partial charge < -0.3 is 15.4 Å². The molecule has 0 radical (unpaired) electrons. The topological polar surface area (TPSA) is 84.5 Å². The van der Waals surface area contributed by atoms with Crippen LogP contribution in [0.5, 0.6) is 0 Å². The van der Waals surface area contributed by atoms with Crippen molar-refractivity contribution in [1.82, 2.24) is 0 Å². The van der Waals surface area contributed by atoms with Crippen molar-refractivity contribution in [2.45, 2.75) is 26.9 Å². The van der Waals surface area contributed by atoms with E-state index in [2.05, 4.69) is 10.6 Å². The van der Waals surface area contributed by atoms with Crippen LogP contribution in [0.3, 0.4) is 0 Å². The number of benzene rings is 2. The fourth-order valence-electron chi connectivity index (χ4n) is 2.12. The zero-order chi connectivity index (χ0) is 18.4. The smallest absolute Gasteiger partial charge is 0.338 e. The SMILES string of the molecule is CC(=O)Nc1cccc(C(=O)Nc2ccc(C(=O)OC(C)C)cc2)c1. The average Bonchev–Trinajstić information content (AvgIpc) is 2.54. The summed E-state index contributed by atoms with van der Waals surface area (Å²) in [7, 11) is 0. The molecule has 0 saturated carbocycles. The summed E-state index contributed by atoms with van der Waals surface area (Å²) in [6.45, 7) is 4.96. The summed E-state index contributed by atoms with van der Waals surface area (Å²) in [5.74, 6) is -0.929. The minimum atomic E-state index is -0.407. The van der Waals surface area contributed by atoms with Gasteiger partial charge in [-0.3, -0.25) is 9.59 Å². The summed E-state index contributed by atoms with van der Waals surface area (Å²) in [6, 6.07) is 13.1. The maximum atomic E-state index is 12.3. The molecule has 25 heavy (non-hydrogen) atoms. The fraction of sp³-hybridized carbons (Fsp3) is 0.211. The van der Waals surface area contributed by atoms with Crippen LogP contribution in [0, 0.1) is 0 Å². The molecule has 2 aromatic rings. The van der Waals surface area contributed by atoms with E-state index in [1.807, 2.05) is 0 Å². The molecule has 0 aliphatic rings. The van der Waals surface area contributed by atoms with Crippen molar-refractivity contribution >= 4 is 29.2 Å². The molecule has 130 valence electrons. The van der Waals surface area contributed by atoms with Crippen LogP contribution in [0.1, 0.15) is 41.5 Å². The Morgan fingerprint density at radius 2 is 1.56 bits per heavy atom. The Morgan fingerprint density at radius 3 is 2.16 bits per heavy atom. The lowest BCUT2D eigenvalue weighted by atomic mass is 10.1. The number of nitrogens with one attached hydrogen (secondary N) is 2. The van der Waals surface area contributed by atoms with Gasteiger partial charge in [0.25, 0.3) is 5.91 Å². The first-order valence-electron chi connectivity index (χ1n) is 7.85. The molecule has 0 bridgehead atoms. The first-order chi connectivity index (χ1) is 11.8. The van der Waals surface area contributed by atoms with Gasteiger partial charge in [-0.2, -0.15) is 0 Å². The van der Waals surface area contributed by atoms with E-state index in [4.69, 9.17) is 4.74 Å². The van der Waals surface area contributed by atoms with E-state index >= 15 is 0 Å². The summed E-state index contributed by atoms with van der Waals surface area (Å²) in [5, 5.41) is 5.37. The molecule has 6 heteroatoms. The van der Waals surface area contributed by atoms with E-state index in [-0.39, 0.29) is 17.9 Å². The van der Waals surface area contributed by atoms with Crippen LogP contribution in [0.4, 0.5) is 11.4 Å². The largest absolute Gasteiger partial charge is 0.459 e. The Morgan fingerprint density at radius 1 is 0.880 bits per heavy atom. The summed E-state index contributed by atoms with van der Waals surface area (Å²) in [6.07, 6.45) is -0.192. The molecule has 2 aromatic carbocycles. The molecule has 6 nitrogen and oxygen atoms in total. The maximum absolute atomic E-state index is 12.3. The molecular formula is C19H20N2O4. The Balaban J connectivity index is 2.05. The fourth-order valence-corrected chi connectivity index (χ4v) is 2.12. The number of esters is 1. The molecule has 0 saturated heterocycles. The van der Waals surface area contributed by atoms with Gasteiger partial charge in [-0.1, -0.05) is 6.07 Å². The molecule has 0 spiro atoms. The van der Waals surface area contributed by atoms with E-state index in [1.165, 1.54) is 6.92 Å². The normalized spacial score (nSPS) is 10.2. The van der Waals surface area contributed by atoms with Crippen LogP contribution in [-0.2, 0) is 9.53 Å². The predicted molar refractivity (Wildman–Crippen MR) is 95.7 cm³/mol. The summed E-state index contributed by atoms with van der Waals surface area (Å²) >= 11 is 0. The lowest BCUT2D eigenvalue weighted by Gasteiger charge is -2.09. The minimum absolute atomic E-state index is 0.192. The average molecular weight is 340 g/mol. The first kappa shape index (κ1) is 18.2. The van der Waals surface area contributed by atoms with E-state index in [0.29, 0.717) is 22.5 Å². The molecular weight excluding hydrogens is 320 g/mol. The van der Waals surface area contributed by atoms with Gasteiger partial charge in [-0.05, 0) is 56.3 Å². The third-order valence-corrected chi connectivity index (χ3v) is 3.17. The summed E-state index contributed by atoms with van der Waals surface area (Å²) in [4.78, 5) is 35.2. The molecule has 0 unspecified atom stereocenters. The van der Waals surface area contributed by atoms with Crippen molar-refractivity contribution in [1.29, 1.82) is 0 Å². The number of ether oxygens (including phenoxy) is 1. The lowest BCUT2D eigenvalue weighted by molar-refractivity contribution is -0.114. The van der Waals surface area contributed by atoms with E-state index < -0.39 is 5.97 Å². The summed E-state index contributed by atoms with van der Waals surface area (Å²) in [5.41, 5.74) is 1.93. The first-order valence-corrected chi connectivity index (χ1v) is 7.85. The second-order valence-corrected chi connectivity index (χ2v) is 5.75. The van der Waals surface area contributed by atoms with Crippen molar-refractivity contribution in [3.05, 3.63) is 59.7 Å². The summed E-state index contributed by atoms with van der Waals surface area (Å²) < 4.78 is 5.11. The number of hydrogen-bond acceptors (Lipinski definition) is 4. The van der Waals surface area contributed by atoms with Crippen LogP contribution in [0.15, 0.2) is 48.5 Å². The molecule has 2 amide bonds. The number of amides is 2. The zero-order valence-corrected chi connectivity index (χ0v) is 14.3. The van der Waals surface area contributed by atoms with Gasteiger partial charge in [-0.25, -0.2) is 4.79 Å². The van der Waals surface area contributed by atoms with Crippen molar-refractivity contribution in [2.24, 2.45) is 0 Å². The number of carbonyl (C=O) groups excluding carboxylic acids is 3. The van der Waals surface area contributed by atoms with Crippen LogP contribution in [0.25, 0.3) is 0 Å². The Bertz CT molecular complexity index is 782. The highest BCUT2D eigenvalue weighted by Gasteiger charge is 2.11. The van der Waals surface area contributed by atoms with Gasteiger partial charge in [0.2, 0.25) is 5.91 Å². The van der Waals surface area contributed by atoms with Gasteiger partial charge in [-0.15, -0.1) is 0 Å². The Labute approximate surface area is 146 Å². The molecule has 0 aliphatic heterocycles. The van der Waals surface area contributed by atoms with Crippen LogP contribution >= 0.6 is 0 Å². The lowest BCUT2D eigenvalue weighted by Crippen LogP contribution is -2.14. The molecule has 0 aromatic heterocycles. The highest BCUT2D eigenvalue weighted by atomic mass is 16.5. The molecule has 0 fully saturated rings. The highest BCUT2D eigenvalue weighted by Crippen LogP contribution is 2.15. The van der Waals surface area contributed by atoms with Gasteiger partial charge >= 0.3 is 5.97 Å². The van der Waals surface area contributed by atoms with Crippen molar-refractivity contribution in [3.8, 4) is 0 Å². The third-order valence-electron chi connectivity index (χ3n) is 3.17. The molecule has 0 heterocycles. The Hall–Kier alpha value is -3.15.